The maximum absolute atomic E-state index is 13.7. The summed E-state index contributed by atoms with van der Waals surface area (Å²) in [5.74, 6) is -0.636. The molecule has 1 aromatic heterocycles. The Kier molecular flexibility index (Phi) is 8.30. The number of carbonyl (C=O) groups excluding carboxylic acids is 1. The van der Waals surface area contributed by atoms with Gasteiger partial charge in [0.1, 0.15) is 10.7 Å². The lowest BCUT2D eigenvalue weighted by Gasteiger charge is -2.26. The predicted molar refractivity (Wildman–Crippen MR) is 143 cm³/mol. The highest BCUT2D eigenvalue weighted by Gasteiger charge is 2.26. The Morgan fingerprint density at radius 3 is 2.36 bits per heavy atom. The van der Waals surface area contributed by atoms with Gasteiger partial charge in [-0.3, -0.25) is 4.79 Å². The summed E-state index contributed by atoms with van der Waals surface area (Å²) in [5, 5.41) is 3.79. The number of nitrogens with one attached hydrogen (secondary N) is 1. The third-order valence-corrected chi connectivity index (χ3v) is 7.92. The van der Waals surface area contributed by atoms with Gasteiger partial charge in [0, 0.05) is 6.54 Å². The molecule has 0 atom stereocenters. The van der Waals surface area contributed by atoms with Crippen LogP contribution in [0.2, 0.25) is 0 Å². The van der Waals surface area contributed by atoms with Crippen LogP contribution in [0.4, 0.5) is 10.1 Å². The Balaban J connectivity index is 1.85. The van der Waals surface area contributed by atoms with E-state index in [9.17, 15) is 17.6 Å². The standard InChI is InChI=1S/C28H27FN2O3S2/c1-2-15-30-36(33,34)27-13-10-24(23-6-4-3-5-7-23)18-26(27)31(19-21-8-11-25(29)12-9-21)28(32)17-22-14-16-35-20-22/h3-14,16,18,20,30H,2,15,17,19H2,1H3. The number of anilines is 1. The first kappa shape index (κ1) is 25.8. The van der Waals surface area contributed by atoms with Gasteiger partial charge < -0.3 is 4.90 Å². The normalized spacial score (nSPS) is 11.4. The molecule has 0 spiro atoms. The Morgan fingerprint density at radius 1 is 0.944 bits per heavy atom. The lowest BCUT2D eigenvalue weighted by molar-refractivity contribution is -0.118. The number of rotatable bonds is 10. The predicted octanol–water partition coefficient (Wildman–Crippen LogP) is 6.02. The van der Waals surface area contributed by atoms with Gasteiger partial charge in [0.2, 0.25) is 15.9 Å². The van der Waals surface area contributed by atoms with Crippen LogP contribution in [0, 0.1) is 5.82 Å². The van der Waals surface area contributed by atoms with Crippen LogP contribution in [-0.2, 0) is 27.8 Å². The molecule has 4 rings (SSSR count). The van der Waals surface area contributed by atoms with Gasteiger partial charge in [0.25, 0.3) is 0 Å². The van der Waals surface area contributed by atoms with Crippen LogP contribution < -0.4 is 9.62 Å². The van der Waals surface area contributed by atoms with Crippen molar-refractivity contribution in [3.8, 4) is 11.1 Å². The Morgan fingerprint density at radius 2 is 1.69 bits per heavy atom. The van der Waals surface area contributed by atoms with Gasteiger partial charge in [-0.05, 0) is 69.8 Å². The van der Waals surface area contributed by atoms with E-state index in [4.69, 9.17) is 0 Å². The molecule has 36 heavy (non-hydrogen) atoms. The number of hydrogen-bond donors (Lipinski definition) is 1. The highest BCUT2D eigenvalue weighted by atomic mass is 32.2. The van der Waals surface area contributed by atoms with Gasteiger partial charge in [0.15, 0.2) is 0 Å². The molecule has 0 aliphatic carbocycles. The maximum Gasteiger partial charge on any atom is 0.242 e. The summed E-state index contributed by atoms with van der Waals surface area (Å²) in [7, 11) is -3.89. The quantitative estimate of drug-likeness (QED) is 0.277. The molecule has 0 saturated carbocycles. The third kappa shape index (κ3) is 6.26. The molecule has 0 radical (unpaired) electrons. The second kappa shape index (κ2) is 11.6. The van der Waals surface area contributed by atoms with E-state index in [-0.39, 0.29) is 41.8 Å². The highest BCUT2D eigenvalue weighted by molar-refractivity contribution is 7.89. The topological polar surface area (TPSA) is 66.5 Å². The molecular formula is C28H27FN2O3S2. The average molecular weight is 523 g/mol. The van der Waals surface area contributed by atoms with Gasteiger partial charge >= 0.3 is 0 Å². The van der Waals surface area contributed by atoms with Crippen molar-refractivity contribution in [1.82, 2.24) is 4.72 Å². The number of nitrogens with zero attached hydrogens (tertiary/aromatic N) is 1. The summed E-state index contributed by atoms with van der Waals surface area (Å²) in [4.78, 5) is 15.2. The van der Waals surface area contributed by atoms with Crippen molar-refractivity contribution in [3.05, 3.63) is 107 Å². The van der Waals surface area contributed by atoms with Gasteiger partial charge in [-0.25, -0.2) is 17.5 Å². The minimum Gasteiger partial charge on any atom is -0.306 e. The van der Waals surface area contributed by atoms with E-state index in [0.29, 0.717) is 12.0 Å². The minimum atomic E-state index is -3.89. The molecular weight excluding hydrogens is 495 g/mol. The second-order valence-corrected chi connectivity index (χ2v) is 10.9. The molecule has 1 amide bonds. The number of amides is 1. The number of benzene rings is 3. The van der Waals surface area contributed by atoms with E-state index >= 15 is 0 Å². The van der Waals surface area contributed by atoms with Crippen LogP contribution in [0.5, 0.6) is 0 Å². The van der Waals surface area contributed by atoms with Crippen molar-refractivity contribution in [2.24, 2.45) is 0 Å². The first-order chi connectivity index (χ1) is 17.4. The number of sulfonamides is 1. The van der Waals surface area contributed by atoms with Gasteiger partial charge in [-0.1, -0.05) is 55.5 Å². The fourth-order valence-corrected chi connectivity index (χ4v) is 5.81. The monoisotopic (exact) mass is 522 g/mol. The highest BCUT2D eigenvalue weighted by Crippen LogP contribution is 2.33. The summed E-state index contributed by atoms with van der Waals surface area (Å²) < 4.78 is 42.8. The fourth-order valence-electron chi connectivity index (χ4n) is 3.82. The number of carbonyl (C=O) groups is 1. The van der Waals surface area contributed by atoms with E-state index < -0.39 is 10.0 Å². The lowest BCUT2D eigenvalue weighted by atomic mass is 10.0. The van der Waals surface area contributed by atoms with Crippen molar-refractivity contribution in [3.63, 3.8) is 0 Å². The smallest absolute Gasteiger partial charge is 0.242 e. The molecule has 0 aliphatic rings. The van der Waals surface area contributed by atoms with E-state index in [1.807, 2.05) is 54.1 Å². The Bertz CT molecular complexity index is 1410. The molecule has 186 valence electrons. The fraction of sp³-hybridized carbons (Fsp3) is 0.179. The summed E-state index contributed by atoms with van der Waals surface area (Å²) in [6.45, 7) is 2.26. The zero-order valence-corrected chi connectivity index (χ0v) is 21.5. The van der Waals surface area contributed by atoms with Crippen molar-refractivity contribution < 1.29 is 17.6 Å². The molecule has 3 aromatic carbocycles. The zero-order chi connectivity index (χ0) is 25.5. The van der Waals surface area contributed by atoms with Gasteiger partial charge in [-0.2, -0.15) is 11.3 Å². The number of halogens is 1. The van der Waals surface area contributed by atoms with Crippen molar-refractivity contribution in [2.45, 2.75) is 31.2 Å². The average Bonchev–Trinajstić information content (AvgIpc) is 3.40. The molecule has 0 bridgehead atoms. The van der Waals surface area contributed by atoms with E-state index in [1.54, 1.807) is 30.3 Å². The molecule has 5 nitrogen and oxygen atoms in total. The lowest BCUT2D eigenvalue weighted by Crippen LogP contribution is -2.34. The summed E-state index contributed by atoms with van der Waals surface area (Å²) in [5.41, 5.74) is 3.50. The van der Waals surface area contributed by atoms with Gasteiger partial charge in [0.05, 0.1) is 18.7 Å². The number of hydrogen-bond acceptors (Lipinski definition) is 4. The SMILES string of the molecule is CCCNS(=O)(=O)c1ccc(-c2ccccc2)cc1N(Cc1ccc(F)cc1)C(=O)Cc1ccsc1. The van der Waals surface area contributed by atoms with Gasteiger partial charge in [-0.15, -0.1) is 0 Å². The summed E-state index contributed by atoms with van der Waals surface area (Å²) in [6.07, 6.45) is 0.745. The van der Waals surface area contributed by atoms with Crippen molar-refractivity contribution in [1.29, 1.82) is 0 Å². The van der Waals surface area contributed by atoms with E-state index in [1.165, 1.54) is 28.4 Å². The van der Waals surface area contributed by atoms with Crippen LogP contribution in [0.15, 0.2) is 94.5 Å². The summed E-state index contributed by atoms with van der Waals surface area (Å²) >= 11 is 1.49. The first-order valence-electron chi connectivity index (χ1n) is 11.6. The third-order valence-electron chi connectivity index (χ3n) is 5.68. The van der Waals surface area contributed by atoms with E-state index in [0.717, 1.165) is 16.7 Å². The van der Waals surface area contributed by atoms with Crippen LogP contribution in [-0.4, -0.2) is 20.9 Å². The maximum atomic E-state index is 13.7. The Hall–Kier alpha value is -3.33. The molecule has 8 heteroatoms. The molecule has 0 aliphatic heterocycles. The zero-order valence-electron chi connectivity index (χ0n) is 19.9. The minimum absolute atomic E-state index is 0.0245. The molecule has 0 unspecified atom stereocenters. The molecule has 4 aromatic rings. The molecule has 1 heterocycles. The Labute approximate surface area is 215 Å². The number of thiophene rings is 1. The largest absolute Gasteiger partial charge is 0.306 e. The first-order valence-corrected chi connectivity index (χ1v) is 14.0. The van der Waals surface area contributed by atoms with Crippen LogP contribution in [0.25, 0.3) is 11.1 Å². The van der Waals surface area contributed by atoms with Crippen molar-refractivity contribution in [2.75, 3.05) is 11.4 Å². The van der Waals surface area contributed by atoms with E-state index in [2.05, 4.69) is 4.72 Å². The summed E-state index contributed by atoms with van der Waals surface area (Å²) in [6, 6.07) is 22.4. The van der Waals surface area contributed by atoms with Crippen LogP contribution >= 0.6 is 11.3 Å². The van der Waals surface area contributed by atoms with Crippen LogP contribution in [0.3, 0.4) is 0 Å². The van der Waals surface area contributed by atoms with Crippen LogP contribution in [0.1, 0.15) is 24.5 Å². The second-order valence-electron chi connectivity index (χ2n) is 8.36. The molecule has 0 saturated heterocycles. The van der Waals surface area contributed by atoms with Crippen molar-refractivity contribution >= 4 is 33.0 Å². The molecule has 1 N–H and O–H groups in total. The molecule has 0 fully saturated rings.